The molecule has 1 unspecified atom stereocenters. The Bertz CT molecular complexity index is 990. The number of unbranched alkanes of at least 4 members (excludes halogenated alkanes) is 1. The second kappa shape index (κ2) is 10.1. The highest BCUT2D eigenvalue weighted by Gasteiger charge is 2.07. The van der Waals surface area contributed by atoms with Gasteiger partial charge in [0.15, 0.2) is 11.5 Å². The normalized spacial score (nSPS) is 17.9. The molecule has 4 heteroatoms. The lowest BCUT2D eigenvalue weighted by Crippen LogP contribution is -2.17. The van der Waals surface area contributed by atoms with E-state index in [1.54, 1.807) is 19.9 Å². The quantitative estimate of drug-likeness (QED) is 0.629. The van der Waals surface area contributed by atoms with Gasteiger partial charge in [-0.05, 0) is 74.0 Å². The summed E-state index contributed by atoms with van der Waals surface area (Å²) >= 11 is 0. The summed E-state index contributed by atoms with van der Waals surface area (Å²) < 4.78 is 82.9. The molecule has 26 heavy (non-hydrogen) atoms. The van der Waals surface area contributed by atoms with Crippen molar-refractivity contribution in [3.8, 4) is 17.2 Å². The van der Waals surface area contributed by atoms with E-state index < -0.39 is 20.2 Å². The fourth-order valence-corrected chi connectivity index (χ4v) is 2.46. The summed E-state index contributed by atoms with van der Waals surface area (Å²) in [5, 5.41) is 10.3. The van der Waals surface area contributed by atoms with Gasteiger partial charge < -0.3 is 19.3 Å². The van der Waals surface area contributed by atoms with E-state index in [1.165, 1.54) is 12.1 Å². The van der Waals surface area contributed by atoms with Crippen LogP contribution in [0.1, 0.15) is 48.3 Å². The Morgan fingerprint density at radius 3 is 2.69 bits per heavy atom. The van der Waals surface area contributed by atoms with E-state index in [0.29, 0.717) is 42.4 Å². The molecule has 0 aliphatic heterocycles. The summed E-state index contributed by atoms with van der Waals surface area (Å²) in [6.07, 6.45) is 1.31. The predicted molar refractivity (Wildman–Crippen MR) is 105 cm³/mol. The first kappa shape index (κ1) is 10.8. The molecule has 0 aliphatic carbocycles. The molecular weight excluding hydrogens is 328 g/mol. The number of rotatable bonds is 10. The lowest BCUT2D eigenvalue weighted by molar-refractivity contribution is 0.0976. The standard InChI is InChI=1S/C22H30O4/c1-16-9-11-20(13-17(16)2)26-15-19(23)8-6-5-7-18-10-12-21(24-3)22(14-18)25-4/h9-14,19,23H,5-8,15H2,1-4H3/i3D3,4D3,9D,11D,13D. The zero-order chi connectivity index (χ0) is 26.6. The van der Waals surface area contributed by atoms with Gasteiger partial charge in [-0.15, -0.1) is 0 Å². The van der Waals surface area contributed by atoms with Crippen LogP contribution in [-0.4, -0.2) is 31.9 Å². The van der Waals surface area contributed by atoms with Crippen molar-refractivity contribution in [2.24, 2.45) is 0 Å². The Kier molecular flexibility index (Phi) is 4.20. The van der Waals surface area contributed by atoms with Crippen molar-refractivity contribution in [2.45, 2.75) is 45.6 Å². The predicted octanol–water partition coefficient (Wildman–Crippen LogP) is 4.47. The summed E-state index contributed by atoms with van der Waals surface area (Å²) in [5.41, 5.74) is 1.83. The lowest BCUT2D eigenvalue weighted by atomic mass is 10.0. The third-order valence-electron chi connectivity index (χ3n) is 4.13. The molecule has 0 radical (unpaired) electrons. The van der Waals surface area contributed by atoms with Crippen molar-refractivity contribution in [1.29, 1.82) is 0 Å². The minimum atomic E-state index is -2.77. The molecular formula is C22H30O4. The van der Waals surface area contributed by atoms with Crippen LogP contribution in [0.2, 0.25) is 0 Å². The van der Waals surface area contributed by atoms with Gasteiger partial charge in [-0.1, -0.05) is 18.5 Å². The molecule has 142 valence electrons. The van der Waals surface area contributed by atoms with E-state index in [0.717, 1.165) is 0 Å². The van der Waals surface area contributed by atoms with Crippen LogP contribution in [0.15, 0.2) is 36.3 Å². The van der Waals surface area contributed by atoms with Gasteiger partial charge in [-0.3, -0.25) is 0 Å². The number of benzene rings is 2. The summed E-state index contributed by atoms with van der Waals surface area (Å²) in [6, 6.07) is 4.27. The number of hydrogen-bond donors (Lipinski definition) is 1. The van der Waals surface area contributed by atoms with Crippen molar-refractivity contribution in [1.82, 2.24) is 0 Å². The third kappa shape index (κ3) is 5.95. The maximum Gasteiger partial charge on any atom is 0.160 e. The van der Waals surface area contributed by atoms with E-state index >= 15 is 0 Å². The van der Waals surface area contributed by atoms with Crippen molar-refractivity contribution >= 4 is 0 Å². The van der Waals surface area contributed by atoms with Crippen LogP contribution in [0, 0.1) is 13.8 Å². The molecule has 2 rings (SSSR count). The van der Waals surface area contributed by atoms with E-state index in [-0.39, 0.29) is 42.0 Å². The molecule has 4 nitrogen and oxygen atoms in total. The van der Waals surface area contributed by atoms with Gasteiger partial charge in [-0.2, -0.15) is 0 Å². The molecule has 2 aromatic rings. The second-order valence-electron chi connectivity index (χ2n) is 6.15. The molecule has 0 heterocycles. The van der Waals surface area contributed by atoms with Gasteiger partial charge in [0.05, 0.1) is 32.5 Å². The van der Waals surface area contributed by atoms with Gasteiger partial charge in [0, 0.05) is 0 Å². The number of methoxy groups -OCH3 is 2. The smallest absolute Gasteiger partial charge is 0.160 e. The van der Waals surface area contributed by atoms with Crippen LogP contribution in [-0.2, 0) is 6.42 Å². The number of aryl methyl sites for hydroxylation is 1. The first-order valence-corrected chi connectivity index (χ1v) is 8.48. The molecule has 2 aromatic carbocycles. The highest BCUT2D eigenvalue weighted by atomic mass is 16.5. The molecule has 0 aliphatic rings. The van der Waals surface area contributed by atoms with Gasteiger partial charge in [0.25, 0.3) is 0 Å². The number of hydrogen-bond acceptors (Lipinski definition) is 4. The first-order chi connectivity index (χ1) is 16.1. The Labute approximate surface area is 169 Å². The highest BCUT2D eigenvalue weighted by molar-refractivity contribution is 5.42. The van der Waals surface area contributed by atoms with Crippen LogP contribution in [0.25, 0.3) is 0 Å². The summed E-state index contributed by atoms with van der Waals surface area (Å²) in [4.78, 5) is 0. The van der Waals surface area contributed by atoms with Crippen molar-refractivity contribution in [3.63, 3.8) is 0 Å². The minimum absolute atomic E-state index is 0.000107. The Morgan fingerprint density at radius 2 is 1.88 bits per heavy atom. The Morgan fingerprint density at radius 1 is 1.08 bits per heavy atom. The van der Waals surface area contributed by atoms with Gasteiger partial charge in [0.2, 0.25) is 0 Å². The molecule has 0 amide bonds. The average molecular weight is 368 g/mol. The zero-order valence-electron chi connectivity index (χ0n) is 24.0. The molecule has 0 saturated heterocycles. The van der Waals surface area contributed by atoms with Crippen LogP contribution in [0.4, 0.5) is 0 Å². The maximum absolute atomic E-state index is 10.3. The van der Waals surface area contributed by atoms with Gasteiger partial charge in [-0.25, -0.2) is 0 Å². The fourth-order valence-electron chi connectivity index (χ4n) is 2.46. The lowest BCUT2D eigenvalue weighted by Gasteiger charge is -2.13. The Balaban J connectivity index is 1.92. The molecule has 1 N–H and O–H groups in total. The van der Waals surface area contributed by atoms with Crippen LogP contribution < -0.4 is 14.2 Å². The molecule has 1 atom stereocenters. The summed E-state index contributed by atoms with van der Waals surface area (Å²) in [6.45, 7) is 3.25. The summed E-state index contributed by atoms with van der Waals surface area (Å²) in [5.74, 6) is -0.396. The molecule has 0 fully saturated rings. The van der Waals surface area contributed by atoms with Crippen molar-refractivity contribution in [3.05, 3.63) is 53.0 Å². The van der Waals surface area contributed by atoms with Gasteiger partial charge >= 0.3 is 0 Å². The minimum Gasteiger partial charge on any atom is -0.493 e. The molecule has 0 aromatic heterocycles. The molecule has 0 saturated carbocycles. The van der Waals surface area contributed by atoms with E-state index in [4.69, 9.17) is 26.5 Å². The van der Waals surface area contributed by atoms with Crippen LogP contribution in [0.3, 0.4) is 0 Å². The van der Waals surface area contributed by atoms with Crippen LogP contribution >= 0.6 is 0 Å². The monoisotopic (exact) mass is 367 g/mol. The first-order valence-electron chi connectivity index (χ1n) is 13.0. The van der Waals surface area contributed by atoms with E-state index in [1.807, 2.05) is 0 Å². The SMILES string of the molecule is [2H]c1c([2H])c(OCC(O)CCCCc2ccc(OC([2H])([2H])[2H])c(OC([2H])([2H])[2H])c2)c([2H])c(C)c1C. The topological polar surface area (TPSA) is 47.9 Å². The van der Waals surface area contributed by atoms with E-state index in [2.05, 4.69) is 0 Å². The number of ether oxygens (including phenoxy) is 3. The van der Waals surface area contributed by atoms with E-state index in [9.17, 15) is 5.11 Å². The number of aliphatic hydroxyl groups is 1. The van der Waals surface area contributed by atoms with Crippen molar-refractivity contribution < 1.29 is 31.7 Å². The fraction of sp³-hybridized carbons (Fsp3) is 0.455. The zero-order valence-corrected chi connectivity index (χ0v) is 15.0. The summed E-state index contributed by atoms with van der Waals surface area (Å²) in [7, 11) is -5.53. The highest BCUT2D eigenvalue weighted by Crippen LogP contribution is 2.28. The molecule has 0 spiro atoms. The van der Waals surface area contributed by atoms with Crippen molar-refractivity contribution in [2.75, 3.05) is 20.7 Å². The Hall–Kier alpha value is -2.20. The largest absolute Gasteiger partial charge is 0.493 e. The number of aliphatic hydroxyl groups excluding tert-OH is 1. The van der Waals surface area contributed by atoms with Gasteiger partial charge in [0.1, 0.15) is 12.4 Å². The average Bonchev–Trinajstić information content (AvgIpc) is 2.73. The second-order valence-corrected chi connectivity index (χ2v) is 6.15. The molecule has 0 bridgehead atoms. The third-order valence-corrected chi connectivity index (χ3v) is 4.13. The maximum atomic E-state index is 10.3. The van der Waals surface area contributed by atoms with Crippen LogP contribution in [0.5, 0.6) is 17.2 Å².